The van der Waals surface area contributed by atoms with Crippen LogP contribution in [0.3, 0.4) is 0 Å². The van der Waals surface area contributed by atoms with Crippen LogP contribution in [0.15, 0.2) is 0 Å². The van der Waals surface area contributed by atoms with Crippen LogP contribution >= 0.6 is 11.8 Å². The highest BCUT2D eigenvalue weighted by Crippen LogP contribution is 2.24. The molecule has 2 unspecified atom stereocenters. The summed E-state index contributed by atoms with van der Waals surface area (Å²) in [5.74, 6) is 0.467. The van der Waals surface area contributed by atoms with E-state index in [4.69, 9.17) is 5.11 Å². The van der Waals surface area contributed by atoms with Gasteiger partial charge in [0.15, 0.2) is 0 Å². The molecular weight excluding hydrogens is 186 g/mol. The van der Waals surface area contributed by atoms with Crippen LogP contribution in [0.25, 0.3) is 0 Å². The Morgan fingerprint density at radius 1 is 1.69 bits per heavy atom. The number of thioether (sulfide) groups is 1. The Hall–Kier alpha value is -0.220. The molecule has 0 amide bonds. The molecule has 76 valence electrons. The van der Waals surface area contributed by atoms with E-state index in [1.807, 2.05) is 11.8 Å². The van der Waals surface area contributed by atoms with Crippen molar-refractivity contribution in [2.24, 2.45) is 0 Å². The van der Waals surface area contributed by atoms with Crippen LogP contribution in [-0.2, 0) is 4.79 Å². The maximum absolute atomic E-state index is 10.5. The minimum absolute atomic E-state index is 0.414. The summed E-state index contributed by atoms with van der Waals surface area (Å²) in [6.45, 7) is 2.52. The minimum Gasteiger partial charge on any atom is -0.480 e. The van der Waals surface area contributed by atoms with Crippen molar-refractivity contribution >= 4 is 17.7 Å². The smallest absolute Gasteiger partial charge is 0.320 e. The van der Waals surface area contributed by atoms with Crippen molar-refractivity contribution in [3.05, 3.63) is 0 Å². The minimum atomic E-state index is -0.763. The molecule has 1 rings (SSSR count). The number of nitrogens with one attached hydrogen (secondary N) is 1. The fraction of sp³-hybridized carbons (Fsp3) is 0.889. The van der Waals surface area contributed by atoms with Gasteiger partial charge >= 0.3 is 5.97 Å². The summed E-state index contributed by atoms with van der Waals surface area (Å²) in [7, 11) is 0. The summed E-state index contributed by atoms with van der Waals surface area (Å²) in [5, 5.41) is 12.3. The normalized spacial score (nSPS) is 25.5. The Morgan fingerprint density at radius 3 is 3.00 bits per heavy atom. The summed E-state index contributed by atoms with van der Waals surface area (Å²) in [4.78, 5) is 10.5. The Balaban J connectivity index is 2.13. The second-order valence-corrected chi connectivity index (χ2v) is 4.87. The number of carbonyl (C=O) groups is 1. The van der Waals surface area contributed by atoms with Gasteiger partial charge in [-0.2, -0.15) is 11.8 Å². The van der Waals surface area contributed by atoms with Gasteiger partial charge in [-0.05, 0) is 25.5 Å². The lowest BCUT2D eigenvalue weighted by Crippen LogP contribution is -2.38. The molecule has 0 aliphatic carbocycles. The van der Waals surface area contributed by atoms with Crippen molar-refractivity contribution in [2.75, 3.05) is 12.3 Å². The standard InChI is InChI=1S/C9H17NO2S/c1-7(9(11)12)10-6-8-4-2-3-5-13-8/h7-8,10H,2-6H2,1H3,(H,11,12). The average Bonchev–Trinajstić information content (AvgIpc) is 2.15. The van der Waals surface area contributed by atoms with E-state index in [2.05, 4.69) is 5.32 Å². The molecule has 0 aromatic heterocycles. The number of aliphatic carboxylic acids is 1. The highest BCUT2D eigenvalue weighted by molar-refractivity contribution is 7.99. The van der Waals surface area contributed by atoms with Gasteiger partial charge < -0.3 is 10.4 Å². The Morgan fingerprint density at radius 2 is 2.46 bits per heavy atom. The first-order valence-corrected chi connectivity index (χ1v) is 5.83. The molecule has 1 heterocycles. The number of hydrogen-bond acceptors (Lipinski definition) is 3. The Labute approximate surface area is 83.3 Å². The van der Waals surface area contributed by atoms with E-state index in [0.717, 1.165) is 6.54 Å². The van der Waals surface area contributed by atoms with Gasteiger partial charge in [-0.15, -0.1) is 0 Å². The molecule has 0 radical (unpaired) electrons. The third-order valence-corrected chi connectivity index (χ3v) is 3.69. The van der Waals surface area contributed by atoms with Gasteiger partial charge in [-0.25, -0.2) is 0 Å². The molecule has 0 aromatic carbocycles. The van der Waals surface area contributed by atoms with Gasteiger partial charge in [0, 0.05) is 11.8 Å². The zero-order chi connectivity index (χ0) is 9.68. The summed E-state index contributed by atoms with van der Waals surface area (Å²) < 4.78 is 0. The van der Waals surface area contributed by atoms with Gasteiger partial charge in [0.25, 0.3) is 0 Å². The molecule has 2 atom stereocenters. The third kappa shape index (κ3) is 4.00. The molecule has 0 aromatic rings. The van der Waals surface area contributed by atoms with Crippen molar-refractivity contribution in [2.45, 2.75) is 37.5 Å². The highest BCUT2D eigenvalue weighted by Gasteiger charge is 2.16. The lowest BCUT2D eigenvalue weighted by molar-refractivity contribution is -0.138. The number of carboxylic acids is 1. The lowest BCUT2D eigenvalue weighted by atomic mass is 10.2. The number of carboxylic acid groups (broad SMARTS) is 1. The van der Waals surface area contributed by atoms with Crippen molar-refractivity contribution in [1.82, 2.24) is 5.32 Å². The molecule has 1 aliphatic heterocycles. The van der Waals surface area contributed by atoms with E-state index >= 15 is 0 Å². The van der Waals surface area contributed by atoms with Crippen LogP contribution in [0.2, 0.25) is 0 Å². The highest BCUT2D eigenvalue weighted by atomic mass is 32.2. The van der Waals surface area contributed by atoms with Crippen LogP contribution in [0.4, 0.5) is 0 Å². The molecule has 1 fully saturated rings. The zero-order valence-corrected chi connectivity index (χ0v) is 8.77. The van der Waals surface area contributed by atoms with Gasteiger partial charge in [0.05, 0.1) is 0 Å². The van der Waals surface area contributed by atoms with E-state index in [1.165, 1.54) is 25.0 Å². The van der Waals surface area contributed by atoms with Crippen molar-refractivity contribution in [3.8, 4) is 0 Å². The van der Waals surface area contributed by atoms with E-state index in [-0.39, 0.29) is 0 Å². The molecule has 13 heavy (non-hydrogen) atoms. The predicted octanol–water partition coefficient (Wildman–Crippen LogP) is 1.33. The molecule has 0 bridgehead atoms. The summed E-state index contributed by atoms with van der Waals surface area (Å²) in [6.07, 6.45) is 3.83. The third-order valence-electron chi connectivity index (χ3n) is 2.30. The van der Waals surface area contributed by atoms with E-state index < -0.39 is 12.0 Å². The van der Waals surface area contributed by atoms with Crippen LogP contribution in [-0.4, -0.2) is 34.7 Å². The van der Waals surface area contributed by atoms with Gasteiger partial charge in [0.2, 0.25) is 0 Å². The maximum atomic E-state index is 10.5. The van der Waals surface area contributed by atoms with E-state index in [1.54, 1.807) is 6.92 Å². The van der Waals surface area contributed by atoms with Crippen molar-refractivity contribution < 1.29 is 9.90 Å². The molecule has 1 saturated heterocycles. The average molecular weight is 203 g/mol. The van der Waals surface area contributed by atoms with Crippen LogP contribution in [0.1, 0.15) is 26.2 Å². The first kappa shape index (κ1) is 10.9. The van der Waals surface area contributed by atoms with E-state index in [0.29, 0.717) is 5.25 Å². The molecular formula is C9H17NO2S. The molecule has 1 aliphatic rings. The molecule has 3 nitrogen and oxygen atoms in total. The predicted molar refractivity (Wildman–Crippen MR) is 55.2 cm³/mol. The lowest BCUT2D eigenvalue weighted by Gasteiger charge is -2.22. The Kier molecular flexibility index (Phi) is 4.59. The largest absolute Gasteiger partial charge is 0.480 e. The van der Waals surface area contributed by atoms with Crippen LogP contribution in [0, 0.1) is 0 Å². The number of rotatable bonds is 4. The van der Waals surface area contributed by atoms with Crippen molar-refractivity contribution in [3.63, 3.8) is 0 Å². The second kappa shape index (κ2) is 5.50. The quantitative estimate of drug-likeness (QED) is 0.724. The van der Waals surface area contributed by atoms with Gasteiger partial charge in [-0.3, -0.25) is 4.79 Å². The summed E-state index contributed by atoms with van der Waals surface area (Å²) in [6, 6.07) is -0.414. The Bertz CT molecular complexity index is 169. The second-order valence-electron chi connectivity index (χ2n) is 3.46. The van der Waals surface area contributed by atoms with Gasteiger partial charge in [0.1, 0.15) is 6.04 Å². The fourth-order valence-corrected chi connectivity index (χ4v) is 2.62. The van der Waals surface area contributed by atoms with E-state index in [9.17, 15) is 4.79 Å². The zero-order valence-electron chi connectivity index (χ0n) is 7.95. The van der Waals surface area contributed by atoms with Crippen LogP contribution in [0.5, 0.6) is 0 Å². The first-order valence-electron chi connectivity index (χ1n) is 4.78. The van der Waals surface area contributed by atoms with Crippen molar-refractivity contribution in [1.29, 1.82) is 0 Å². The fourth-order valence-electron chi connectivity index (χ4n) is 1.36. The topological polar surface area (TPSA) is 49.3 Å². The molecule has 0 spiro atoms. The van der Waals surface area contributed by atoms with Crippen LogP contribution < -0.4 is 5.32 Å². The monoisotopic (exact) mass is 203 g/mol. The summed E-state index contributed by atoms with van der Waals surface area (Å²) >= 11 is 1.96. The summed E-state index contributed by atoms with van der Waals surface area (Å²) in [5.41, 5.74) is 0. The first-order chi connectivity index (χ1) is 6.20. The number of hydrogen-bond donors (Lipinski definition) is 2. The molecule has 2 N–H and O–H groups in total. The maximum Gasteiger partial charge on any atom is 0.320 e. The van der Waals surface area contributed by atoms with Gasteiger partial charge in [-0.1, -0.05) is 6.42 Å². The molecule has 4 heteroatoms. The SMILES string of the molecule is CC(NCC1CCCCS1)C(=O)O. The molecule has 0 saturated carbocycles.